The summed E-state index contributed by atoms with van der Waals surface area (Å²) in [4.78, 5) is 29.6. The van der Waals surface area contributed by atoms with Gasteiger partial charge >= 0.3 is 5.97 Å². The molecule has 0 aliphatic heterocycles. The van der Waals surface area contributed by atoms with Crippen molar-refractivity contribution >= 4 is 28.3 Å². The zero-order valence-corrected chi connectivity index (χ0v) is 18.1. The SMILES string of the molecule is Cc1ccc(-c2nc(N)sc2CC(=O)OCC(=O)N[C@H]2CCC[C@@H](C)[C@@H]2C)cc1. The van der Waals surface area contributed by atoms with Crippen LogP contribution in [0.15, 0.2) is 24.3 Å². The number of carbonyl (C=O) groups is 2. The van der Waals surface area contributed by atoms with Crippen molar-refractivity contribution in [1.29, 1.82) is 0 Å². The monoisotopic (exact) mass is 415 g/mol. The van der Waals surface area contributed by atoms with E-state index in [0.29, 0.717) is 22.7 Å². The fourth-order valence-corrected chi connectivity index (χ4v) is 4.63. The third-order valence-corrected chi connectivity index (χ3v) is 6.65. The van der Waals surface area contributed by atoms with E-state index in [1.54, 1.807) is 0 Å². The maximum Gasteiger partial charge on any atom is 0.311 e. The van der Waals surface area contributed by atoms with Gasteiger partial charge in [-0.1, -0.05) is 56.5 Å². The molecule has 0 unspecified atom stereocenters. The molecule has 6 nitrogen and oxygen atoms in total. The molecule has 2 aromatic rings. The van der Waals surface area contributed by atoms with E-state index in [4.69, 9.17) is 10.5 Å². The molecule has 7 heteroatoms. The van der Waals surface area contributed by atoms with Crippen molar-refractivity contribution in [3.05, 3.63) is 34.7 Å². The largest absolute Gasteiger partial charge is 0.455 e. The van der Waals surface area contributed by atoms with Crippen molar-refractivity contribution in [2.75, 3.05) is 12.3 Å². The van der Waals surface area contributed by atoms with E-state index in [0.717, 1.165) is 28.8 Å². The maximum atomic E-state index is 12.3. The maximum absolute atomic E-state index is 12.3. The summed E-state index contributed by atoms with van der Waals surface area (Å²) in [5, 5.41) is 3.42. The number of nitrogens with two attached hydrogens (primary N) is 1. The molecule has 1 saturated carbocycles. The van der Waals surface area contributed by atoms with Gasteiger partial charge in [0.2, 0.25) is 0 Å². The van der Waals surface area contributed by atoms with Gasteiger partial charge in [-0.05, 0) is 25.2 Å². The molecule has 1 aliphatic rings. The predicted molar refractivity (Wildman–Crippen MR) is 115 cm³/mol. The lowest BCUT2D eigenvalue weighted by molar-refractivity contribution is -0.148. The summed E-state index contributed by atoms with van der Waals surface area (Å²) in [7, 11) is 0. The minimum atomic E-state index is -0.456. The molecular weight excluding hydrogens is 386 g/mol. The van der Waals surface area contributed by atoms with Crippen LogP contribution in [-0.4, -0.2) is 29.5 Å². The van der Waals surface area contributed by atoms with E-state index >= 15 is 0 Å². The number of hydrogen-bond donors (Lipinski definition) is 2. The van der Waals surface area contributed by atoms with Gasteiger partial charge in [0.1, 0.15) is 0 Å². The Balaban J connectivity index is 1.55. The first-order valence-corrected chi connectivity index (χ1v) is 10.9. The second kappa shape index (κ2) is 9.39. The molecule has 156 valence electrons. The lowest BCUT2D eigenvalue weighted by atomic mass is 9.78. The number of carbonyl (C=O) groups excluding carboxylic acids is 2. The average Bonchev–Trinajstić information content (AvgIpc) is 3.04. The normalized spacial score (nSPS) is 21.6. The summed E-state index contributed by atoms with van der Waals surface area (Å²) in [5.74, 6) is 0.323. The number of thiazole rings is 1. The number of hydrogen-bond acceptors (Lipinski definition) is 6. The van der Waals surface area contributed by atoms with Gasteiger partial charge in [-0.3, -0.25) is 9.59 Å². The van der Waals surface area contributed by atoms with E-state index in [1.807, 2.05) is 31.2 Å². The van der Waals surface area contributed by atoms with Crippen molar-refractivity contribution in [2.24, 2.45) is 11.8 Å². The first-order valence-electron chi connectivity index (χ1n) is 10.1. The zero-order valence-electron chi connectivity index (χ0n) is 17.2. The van der Waals surface area contributed by atoms with Crippen LogP contribution in [0.5, 0.6) is 0 Å². The van der Waals surface area contributed by atoms with Gasteiger partial charge in [0.15, 0.2) is 11.7 Å². The molecular formula is C22H29N3O3S. The summed E-state index contributed by atoms with van der Waals surface area (Å²) in [6.45, 7) is 6.14. The van der Waals surface area contributed by atoms with Crippen molar-refractivity contribution in [2.45, 2.75) is 52.5 Å². The van der Waals surface area contributed by atoms with Gasteiger partial charge in [0.05, 0.1) is 12.1 Å². The number of aryl methyl sites for hydroxylation is 1. The summed E-state index contributed by atoms with van der Waals surface area (Å²) < 4.78 is 5.22. The Bertz CT molecular complexity index is 863. The van der Waals surface area contributed by atoms with E-state index < -0.39 is 5.97 Å². The standard InChI is InChI=1S/C22H29N3O3S/c1-13-7-9-16(10-8-13)21-18(29-22(23)25-21)11-20(27)28-12-19(26)24-17-6-4-5-14(2)15(17)3/h7-10,14-15,17H,4-6,11-12H2,1-3H3,(H2,23,25)(H,24,26)/t14-,15+,17+/m1/s1. The number of rotatable bonds is 6. The third kappa shape index (κ3) is 5.56. The van der Waals surface area contributed by atoms with Gasteiger partial charge in [0, 0.05) is 16.5 Å². The molecule has 3 rings (SSSR count). The lowest BCUT2D eigenvalue weighted by Gasteiger charge is -2.34. The smallest absolute Gasteiger partial charge is 0.311 e. The number of anilines is 1. The summed E-state index contributed by atoms with van der Waals surface area (Å²) >= 11 is 1.27. The second-order valence-electron chi connectivity index (χ2n) is 7.97. The number of nitrogens with zero attached hydrogens (tertiary/aromatic N) is 1. The van der Waals surface area contributed by atoms with Crippen molar-refractivity contribution in [3.63, 3.8) is 0 Å². The van der Waals surface area contributed by atoms with E-state index in [-0.39, 0.29) is 25.0 Å². The van der Waals surface area contributed by atoms with E-state index in [2.05, 4.69) is 24.1 Å². The van der Waals surface area contributed by atoms with E-state index in [1.165, 1.54) is 17.8 Å². The van der Waals surface area contributed by atoms with Gasteiger partial charge in [-0.2, -0.15) is 0 Å². The minimum Gasteiger partial charge on any atom is -0.455 e. The molecule has 0 saturated heterocycles. The Labute approximate surface area is 175 Å². The van der Waals surface area contributed by atoms with Gasteiger partial charge in [-0.15, -0.1) is 11.3 Å². The Morgan fingerprint density at radius 3 is 2.69 bits per heavy atom. The van der Waals surface area contributed by atoms with Crippen LogP contribution >= 0.6 is 11.3 Å². The van der Waals surface area contributed by atoms with Crippen LogP contribution in [0.4, 0.5) is 5.13 Å². The highest BCUT2D eigenvalue weighted by atomic mass is 32.1. The molecule has 3 N–H and O–H groups in total. The number of benzene rings is 1. The highest BCUT2D eigenvalue weighted by molar-refractivity contribution is 7.15. The van der Waals surface area contributed by atoms with Crippen LogP contribution in [0.1, 0.15) is 43.6 Å². The molecule has 1 aliphatic carbocycles. The fraction of sp³-hybridized carbons (Fsp3) is 0.500. The van der Waals surface area contributed by atoms with Crippen molar-refractivity contribution in [3.8, 4) is 11.3 Å². The molecule has 29 heavy (non-hydrogen) atoms. The summed E-state index contributed by atoms with van der Waals surface area (Å²) in [6.07, 6.45) is 3.34. The Hall–Kier alpha value is -2.41. The third-order valence-electron chi connectivity index (χ3n) is 5.76. The lowest BCUT2D eigenvalue weighted by Crippen LogP contribution is -2.45. The topological polar surface area (TPSA) is 94.3 Å². The van der Waals surface area contributed by atoms with Gasteiger partial charge in [-0.25, -0.2) is 4.98 Å². The number of nitrogens with one attached hydrogen (secondary N) is 1. The second-order valence-corrected chi connectivity index (χ2v) is 9.08. The van der Waals surface area contributed by atoms with Gasteiger partial charge < -0.3 is 15.8 Å². The number of ether oxygens (including phenoxy) is 1. The van der Waals surface area contributed by atoms with Crippen LogP contribution < -0.4 is 11.1 Å². The Kier molecular flexibility index (Phi) is 6.90. The average molecular weight is 416 g/mol. The highest BCUT2D eigenvalue weighted by Gasteiger charge is 2.28. The molecule has 1 heterocycles. The first kappa shape index (κ1) is 21.3. The molecule has 0 bridgehead atoms. The predicted octanol–water partition coefficient (Wildman–Crippen LogP) is 3.73. The van der Waals surface area contributed by atoms with Crippen LogP contribution in [-0.2, 0) is 20.7 Å². The number of esters is 1. The number of amides is 1. The highest BCUT2D eigenvalue weighted by Crippen LogP contribution is 2.31. The van der Waals surface area contributed by atoms with Gasteiger partial charge in [0.25, 0.3) is 5.91 Å². The van der Waals surface area contributed by atoms with Crippen LogP contribution in [0, 0.1) is 18.8 Å². The Morgan fingerprint density at radius 2 is 1.97 bits per heavy atom. The fourth-order valence-electron chi connectivity index (χ4n) is 3.79. The molecule has 1 fully saturated rings. The van der Waals surface area contributed by atoms with Crippen molar-refractivity contribution < 1.29 is 14.3 Å². The van der Waals surface area contributed by atoms with Crippen LogP contribution in [0.3, 0.4) is 0 Å². The summed E-state index contributed by atoms with van der Waals surface area (Å²) in [5.41, 5.74) is 8.61. The van der Waals surface area contributed by atoms with E-state index in [9.17, 15) is 9.59 Å². The minimum absolute atomic E-state index is 0.0439. The molecule has 1 aromatic carbocycles. The number of aromatic nitrogens is 1. The summed E-state index contributed by atoms with van der Waals surface area (Å²) in [6, 6.07) is 8.05. The molecule has 1 aromatic heterocycles. The van der Waals surface area contributed by atoms with Crippen molar-refractivity contribution in [1.82, 2.24) is 10.3 Å². The molecule has 0 radical (unpaired) electrons. The zero-order chi connectivity index (χ0) is 21.0. The number of nitrogen functional groups attached to an aromatic ring is 1. The molecule has 3 atom stereocenters. The van der Waals surface area contributed by atoms with Crippen LogP contribution in [0.2, 0.25) is 0 Å². The first-order chi connectivity index (χ1) is 13.8. The quantitative estimate of drug-likeness (QED) is 0.701. The molecule has 1 amide bonds. The Morgan fingerprint density at radius 1 is 1.24 bits per heavy atom. The molecule has 0 spiro atoms. The van der Waals surface area contributed by atoms with Crippen LogP contribution in [0.25, 0.3) is 11.3 Å².